The molecule has 0 fully saturated rings. The highest BCUT2D eigenvalue weighted by Crippen LogP contribution is 2.47. The van der Waals surface area contributed by atoms with Crippen LogP contribution in [0.5, 0.6) is 0 Å². The van der Waals surface area contributed by atoms with Crippen molar-refractivity contribution in [3.63, 3.8) is 0 Å². The van der Waals surface area contributed by atoms with Gasteiger partial charge in [0, 0.05) is 49.6 Å². The fourth-order valence-corrected chi connectivity index (χ4v) is 11.2. The van der Waals surface area contributed by atoms with Crippen LogP contribution >= 0.6 is 0 Å². The van der Waals surface area contributed by atoms with Crippen molar-refractivity contribution in [1.82, 2.24) is 4.57 Å². The first-order chi connectivity index (χ1) is 34.2. The quantitative estimate of drug-likeness (QED) is 0.149. The van der Waals surface area contributed by atoms with E-state index in [1.807, 2.05) is 0 Å². The van der Waals surface area contributed by atoms with Crippen molar-refractivity contribution >= 4 is 88.4 Å². The van der Waals surface area contributed by atoms with E-state index in [4.69, 9.17) is 4.42 Å². The molecule has 0 N–H and O–H groups in total. The molecule has 1 aliphatic rings. The Morgan fingerprint density at radius 3 is 1.83 bits per heavy atom. The zero-order valence-corrected chi connectivity index (χ0v) is 37.8. The van der Waals surface area contributed by atoms with Crippen molar-refractivity contribution in [3.05, 3.63) is 248 Å². The lowest BCUT2D eigenvalue weighted by atomic mass is 9.93. The van der Waals surface area contributed by atoms with Crippen molar-refractivity contribution in [2.45, 2.75) is 12.8 Å². The predicted molar refractivity (Wildman–Crippen MR) is 291 cm³/mol. The number of benzene rings is 11. The Morgan fingerprint density at radius 1 is 0.420 bits per heavy atom. The number of anilines is 3. The van der Waals surface area contributed by atoms with Crippen LogP contribution in [-0.2, 0) is 6.42 Å². The van der Waals surface area contributed by atoms with Crippen LogP contribution in [0, 0.1) is 0 Å². The van der Waals surface area contributed by atoms with Crippen molar-refractivity contribution in [3.8, 4) is 39.1 Å². The molecule has 1 aliphatic carbocycles. The van der Waals surface area contributed by atoms with Gasteiger partial charge in [0.15, 0.2) is 0 Å². The molecule has 0 atom stereocenters. The van der Waals surface area contributed by atoms with Gasteiger partial charge in [-0.15, -0.1) is 0 Å². The minimum atomic E-state index is 0.898. The second kappa shape index (κ2) is 15.9. The van der Waals surface area contributed by atoms with E-state index in [1.54, 1.807) is 0 Å². The summed E-state index contributed by atoms with van der Waals surface area (Å²) in [5, 5.41) is 9.84. The molecule has 3 nitrogen and oxygen atoms in total. The monoisotopic (exact) mass is 880 g/mol. The van der Waals surface area contributed by atoms with E-state index < -0.39 is 0 Å². The molecule has 0 spiro atoms. The summed E-state index contributed by atoms with van der Waals surface area (Å²) in [6, 6.07) is 84.3. The average molecular weight is 881 g/mol. The molecule has 0 saturated heterocycles. The average Bonchev–Trinajstić information content (AvgIpc) is 3.98. The summed E-state index contributed by atoms with van der Waals surface area (Å²) in [6.07, 6.45) is 6.60. The molecule has 13 aromatic rings. The number of hydrogen-bond acceptors (Lipinski definition) is 2. The Labute approximate surface area is 400 Å². The van der Waals surface area contributed by atoms with Crippen molar-refractivity contribution in [1.29, 1.82) is 0 Å². The van der Waals surface area contributed by atoms with Crippen LogP contribution in [0.15, 0.2) is 241 Å². The Hall–Kier alpha value is -8.92. The van der Waals surface area contributed by atoms with E-state index in [9.17, 15) is 0 Å². The number of para-hydroxylation sites is 4. The largest absolute Gasteiger partial charge is 0.455 e. The maximum absolute atomic E-state index is 6.76. The topological polar surface area (TPSA) is 21.3 Å². The molecule has 0 aliphatic heterocycles. The second-order valence-electron chi connectivity index (χ2n) is 18.3. The number of furan rings is 1. The smallest absolute Gasteiger partial charge is 0.142 e. The zero-order valence-electron chi connectivity index (χ0n) is 37.8. The fraction of sp³-hybridized carbons (Fsp3) is 0.0303. The Morgan fingerprint density at radius 2 is 1.03 bits per heavy atom. The molecular weight excluding hydrogens is 837 g/mol. The maximum atomic E-state index is 6.76. The van der Waals surface area contributed by atoms with E-state index in [-0.39, 0.29) is 0 Å². The van der Waals surface area contributed by atoms with Crippen LogP contribution < -0.4 is 4.90 Å². The Kier molecular flexibility index (Phi) is 9.03. The van der Waals surface area contributed by atoms with Crippen LogP contribution in [0.1, 0.15) is 17.5 Å². The summed E-state index contributed by atoms with van der Waals surface area (Å²) in [7, 11) is 0. The normalized spacial score (nSPS) is 12.5. The molecule has 0 saturated carbocycles. The Bertz CT molecular complexity index is 4130. The summed E-state index contributed by atoms with van der Waals surface area (Å²) in [6.45, 7) is 0. The highest BCUT2D eigenvalue weighted by molar-refractivity contribution is 6.16. The molecular formula is C66H44N2O. The first-order valence-corrected chi connectivity index (χ1v) is 24.0. The van der Waals surface area contributed by atoms with Gasteiger partial charge in [0.05, 0.1) is 22.4 Å². The van der Waals surface area contributed by atoms with Crippen molar-refractivity contribution in [2.75, 3.05) is 4.90 Å². The molecule has 2 heterocycles. The van der Waals surface area contributed by atoms with E-state index in [0.717, 1.165) is 74.2 Å². The second-order valence-corrected chi connectivity index (χ2v) is 18.3. The van der Waals surface area contributed by atoms with Gasteiger partial charge >= 0.3 is 0 Å². The summed E-state index contributed by atoms with van der Waals surface area (Å²) < 4.78 is 9.18. The van der Waals surface area contributed by atoms with E-state index in [1.165, 1.54) is 71.2 Å². The molecule has 0 amide bonds. The molecule has 0 radical (unpaired) electrons. The van der Waals surface area contributed by atoms with Gasteiger partial charge < -0.3 is 13.9 Å². The van der Waals surface area contributed by atoms with Gasteiger partial charge in [-0.2, -0.15) is 0 Å². The summed E-state index contributed by atoms with van der Waals surface area (Å²) in [5.74, 6) is 0. The third-order valence-corrected chi connectivity index (χ3v) is 14.5. The number of aryl methyl sites for hydroxylation is 1. The van der Waals surface area contributed by atoms with Gasteiger partial charge in [0.2, 0.25) is 0 Å². The third kappa shape index (κ3) is 6.35. The van der Waals surface area contributed by atoms with Gasteiger partial charge in [0.1, 0.15) is 11.2 Å². The van der Waals surface area contributed by atoms with Crippen LogP contribution in [0.3, 0.4) is 0 Å². The highest BCUT2D eigenvalue weighted by Gasteiger charge is 2.23. The number of fused-ring (bicyclic) bond motifs is 11. The number of aromatic nitrogens is 1. The minimum absolute atomic E-state index is 0.898. The molecule has 3 heteroatoms. The van der Waals surface area contributed by atoms with Gasteiger partial charge in [-0.3, -0.25) is 0 Å². The van der Waals surface area contributed by atoms with E-state index in [2.05, 4.69) is 252 Å². The lowest BCUT2D eigenvalue weighted by Crippen LogP contribution is -2.11. The van der Waals surface area contributed by atoms with Gasteiger partial charge in [-0.05, 0) is 123 Å². The lowest BCUT2D eigenvalue weighted by molar-refractivity contribution is 0.666. The van der Waals surface area contributed by atoms with Crippen molar-refractivity contribution in [2.24, 2.45) is 0 Å². The van der Waals surface area contributed by atoms with Crippen LogP contribution in [-0.4, -0.2) is 4.57 Å². The third-order valence-electron chi connectivity index (χ3n) is 14.5. The lowest BCUT2D eigenvalue weighted by Gasteiger charge is -2.28. The molecule has 324 valence electrons. The first-order valence-electron chi connectivity index (χ1n) is 24.0. The Balaban J connectivity index is 0.919. The molecule has 0 bridgehead atoms. The van der Waals surface area contributed by atoms with Gasteiger partial charge in [-0.25, -0.2) is 0 Å². The summed E-state index contributed by atoms with van der Waals surface area (Å²) in [5.41, 5.74) is 18.1. The highest BCUT2D eigenvalue weighted by atomic mass is 16.3. The first kappa shape index (κ1) is 39.3. The molecule has 0 unspecified atom stereocenters. The number of rotatable bonds is 7. The standard InChI is InChI=1S/C66H44N2O/c1-3-16-51-44(14-1)28-29-48-42-47(35-40-52(48)51)43-30-36-49(37-31-43)67(61-24-10-8-21-57(61)58-22-13-27-64-65(58)59-41-34-45-15-2-4-18-54(45)66(59)69-64)50-38-32-46(33-39-50)53-17-5-9-23-60(53)68-62-25-11-6-19-55(62)56-20-7-12-26-63(56)68/h1,3-14,16-42H,2,15H2. The number of nitrogens with zero attached hydrogens (tertiary/aromatic N) is 2. The summed E-state index contributed by atoms with van der Waals surface area (Å²) in [4.78, 5) is 2.42. The molecule has 11 aromatic carbocycles. The minimum Gasteiger partial charge on any atom is -0.455 e. The molecule has 2 aromatic heterocycles. The van der Waals surface area contributed by atoms with Crippen LogP contribution in [0.2, 0.25) is 0 Å². The van der Waals surface area contributed by atoms with Crippen LogP contribution in [0.25, 0.3) is 110 Å². The van der Waals surface area contributed by atoms with Crippen molar-refractivity contribution < 1.29 is 4.42 Å². The van der Waals surface area contributed by atoms with E-state index >= 15 is 0 Å². The van der Waals surface area contributed by atoms with Gasteiger partial charge in [-0.1, -0.05) is 182 Å². The maximum Gasteiger partial charge on any atom is 0.142 e. The number of allylic oxidation sites excluding steroid dienone is 1. The van der Waals surface area contributed by atoms with Gasteiger partial charge in [0.25, 0.3) is 0 Å². The molecule has 69 heavy (non-hydrogen) atoms. The van der Waals surface area contributed by atoms with Crippen LogP contribution in [0.4, 0.5) is 17.1 Å². The SMILES string of the molecule is C1=Cc2c(ccc3c2oc2cccc(-c4ccccc4N(c4ccc(-c5ccc6c(ccc7ccccc76)c5)cc4)c4ccc(-c5ccccc5-n5c6ccccc6c6ccccc65)cc4)c23)CC1. The molecule has 14 rings (SSSR count). The van der Waals surface area contributed by atoms with E-state index in [0.29, 0.717) is 0 Å². The number of hydrogen-bond donors (Lipinski definition) is 0. The zero-order chi connectivity index (χ0) is 45.4. The fourth-order valence-electron chi connectivity index (χ4n) is 11.2. The summed E-state index contributed by atoms with van der Waals surface area (Å²) >= 11 is 0. The predicted octanol–water partition coefficient (Wildman–Crippen LogP) is 18.4.